The minimum absolute atomic E-state index is 0.0648. The molecule has 0 spiro atoms. The molecule has 0 atom stereocenters. The lowest BCUT2D eigenvalue weighted by molar-refractivity contribution is -0.116. The predicted octanol–water partition coefficient (Wildman–Crippen LogP) is 5.59. The Bertz CT molecular complexity index is 1220. The molecule has 1 amide bonds. The third-order valence-electron chi connectivity index (χ3n) is 4.47. The fourth-order valence-corrected chi connectivity index (χ4v) is 4.85. The molecule has 0 aliphatic heterocycles. The third-order valence-corrected chi connectivity index (χ3v) is 7.54. The van der Waals surface area contributed by atoms with Gasteiger partial charge in [0.2, 0.25) is 15.9 Å². The molecular weight excluding hydrogens is 539 g/mol. The van der Waals surface area contributed by atoms with Crippen molar-refractivity contribution >= 4 is 60.7 Å². The lowest BCUT2D eigenvalue weighted by atomic mass is 10.2. The van der Waals surface area contributed by atoms with Gasteiger partial charge in [-0.1, -0.05) is 51.3 Å². The Hall–Kier alpha value is -2.10. The minimum atomic E-state index is -3.99. The highest BCUT2D eigenvalue weighted by Crippen LogP contribution is 2.26. The second kappa shape index (κ2) is 10.7. The van der Waals surface area contributed by atoms with Crippen molar-refractivity contribution in [3.05, 3.63) is 86.8 Å². The first kappa shape index (κ1) is 24.5. The Kier molecular flexibility index (Phi) is 8.19. The monoisotopic (exact) mass is 556 g/mol. The summed E-state index contributed by atoms with van der Waals surface area (Å²) in [5.74, 6) is 0.0666. The molecule has 0 saturated heterocycles. The van der Waals surface area contributed by atoms with Crippen LogP contribution in [0.2, 0.25) is 10.0 Å². The van der Waals surface area contributed by atoms with Crippen LogP contribution in [0.4, 0.5) is 5.69 Å². The van der Waals surface area contributed by atoms with Crippen LogP contribution in [-0.4, -0.2) is 32.3 Å². The molecule has 0 bridgehead atoms. The first-order valence-corrected chi connectivity index (χ1v) is 12.3. The van der Waals surface area contributed by atoms with Crippen LogP contribution in [-0.2, 0) is 21.4 Å². The summed E-state index contributed by atoms with van der Waals surface area (Å²) < 4.78 is 33.7. The molecule has 0 radical (unpaired) electrons. The number of hydrogen-bond acceptors (Lipinski definition) is 4. The van der Waals surface area contributed by atoms with E-state index >= 15 is 0 Å². The van der Waals surface area contributed by atoms with E-state index in [0.717, 1.165) is 8.78 Å². The zero-order valence-electron chi connectivity index (χ0n) is 16.9. The van der Waals surface area contributed by atoms with E-state index in [1.54, 1.807) is 54.6 Å². The molecule has 0 unspecified atom stereocenters. The van der Waals surface area contributed by atoms with Gasteiger partial charge >= 0.3 is 0 Å². The van der Waals surface area contributed by atoms with Gasteiger partial charge in [-0.05, 0) is 54.1 Å². The second-order valence-corrected chi connectivity index (χ2v) is 10.4. The van der Waals surface area contributed by atoms with Gasteiger partial charge in [0.1, 0.15) is 5.75 Å². The van der Waals surface area contributed by atoms with Crippen molar-refractivity contribution in [3.63, 3.8) is 0 Å². The molecule has 10 heteroatoms. The van der Waals surface area contributed by atoms with E-state index in [1.165, 1.54) is 19.2 Å². The van der Waals surface area contributed by atoms with Crippen molar-refractivity contribution < 1.29 is 17.9 Å². The average Bonchev–Trinajstić information content (AvgIpc) is 2.76. The van der Waals surface area contributed by atoms with Gasteiger partial charge in [-0.15, -0.1) is 0 Å². The molecule has 0 fully saturated rings. The van der Waals surface area contributed by atoms with E-state index < -0.39 is 22.5 Å². The van der Waals surface area contributed by atoms with Crippen molar-refractivity contribution in [1.82, 2.24) is 4.31 Å². The Morgan fingerprint density at radius 3 is 2.41 bits per heavy atom. The number of benzene rings is 3. The largest absolute Gasteiger partial charge is 0.497 e. The Balaban J connectivity index is 1.89. The first-order valence-electron chi connectivity index (χ1n) is 9.32. The molecule has 6 nitrogen and oxygen atoms in total. The summed E-state index contributed by atoms with van der Waals surface area (Å²) in [7, 11) is -2.47. The highest BCUT2D eigenvalue weighted by atomic mass is 79.9. The number of anilines is 1. The molecule has 0 aliphatic carbocycles. The smallest absolute Gasteiger partial charge is 0.243 e. The van der Waals surface area contributed by atoms with Gasteiger partial charge in [-0.3, -0.25) is 4.79 Å². The summed E-state index contributed by atoms with van der Waals surface area (Å²) in [5.41, 5.74) is 1.08. The van der Waals surface area contributed by atoms with E-state index in [1.807, 2.05) is 0 Å². The number of rotatable bonds is 8. The van der Waals surface area contributed by atoms with Crippen molar-refractivity contribution in [1.29, 1.82) is 0 Å². The highest BCUT2D eigenvalue weighted by molar-refractivity contribution is 9.10. The van der Waals surface area contributed by atoms with Gasteiger partial charge < -0.3 is 10.1 Å². The molecule has 0 aromatic heterocycles. The number of nitrogens with zero attached hydrogens (tertiary/aromatic N) is 1. The van der Waals surface area contributed by atoms with E-state index in [4.69, 9.17) is 27.9 Å². The van der Waals surface area contributed by atoms with E-state index in [9.17, 15) is 13.2 Å². The van der Waals surface area contributed by atoms with E-state index in [0.29, 0.717) is 27.0 Å². The number of halogens is 3. The molecule has 3 aromatic carbocycles. The number of sulfonamides is 1. The number of nitrogens with one attached hydrogen (secondary N) is 1. The fourth-order valence-electron chi connectivity index (χ4n) is 2.88. The van der Waals surface area contributed by atoms with E-state index in [2.05, 4.69) is 21.2 Å². The predicted molar refractivity (Wildman–Crippen MR) is 130 cm³/mol. The van der Waals surface area contributed by atoms with Crippen molar-refractivity contribution in [2.45, 2.75) is 11.4 Å². The third kappa shape index (κ3) is 6.24. The molecular formula is C22H19BrCl2N2O4S. The molecule has 1 N–H and O–H groups in total. The van der Waals surface area contributed by atoms with Gasteiger partial charge in [0, 0.05) is 22.8 Å². The van der Waals surface area contributed by atoms with Gasteiger partial charge in [-0.25, -0.2) is 8.42 Å². The maximum absolute atomic E-state index is 13.3. The lowest BCUT2D eigenvalue weighted by Gasteiger charge is -2.22. The molecule has 168 valence electrons. The standard InChI is InChI=1S/C22H19BrCl2N2O4S/c1-31-18-4-2-3-17(12-18)26-22(28)14-27(13-15-5-10-20(24)21(25)11-15)32(29,30)19-8-6-16(23)7-9-19/h2-12H,13-14H2,1H3,(H,26,28). The number of methoxy groups -OCH3 is 1. The fraction of sp³-hybridized carbons (Fsp3) is 0.136. The number of ether oxygens (including phenoxy) is 1. The molecule has 0 heterocycles. The van der Waals surface area contributed by atoms with Crippen LogP contribution in [0.3, 0.4) is 0 Å². The molecule has 3 rings (SSSR count). The topological polar surface area (TPSA) is 75.7 Å². The van der Waals surface area contributed by atoms with E-state index in [-0.39, 0.29) is 11.4 Å². The number of amides is 1. The highest BCUT2D eigenvalue weighted by Gasteiger charge is 2.27. The second-order valence-electron chi connectivity index (χ2n) is 6.76. The van der Waals surface area contributed by atoms with Gasteiger partial charge in [0.25, 0.3) is 0 Å². The number of carbonyl (C=O) groups is 1. The van der Waals surface area contributed by atoms with Crippen molar-refractivity contribution in [2.24, 2.45) is 0 Å². The van der Waals surface area contributed by atoms with Crippen LogP contribution >= 0.6 is 39.1 Å². The summed E-state index contributed by atoms with van der Waals surface area (Å²) in [5, 5.41) is 3.36. The van der Waals surface area contributed by atoms with Crippen molar-refractivity contribution in [2.75, 3.05) is 19.0 Å². The van der Waals surface area contributed by atoms with Crippen LogP contribution in [0.1, 0.15) is 5.56 Å². The summed E-state index contributed by atoms with van der Waals surface area (Å²) in [6, 6.07) is 17.8. The Morgan fingerprint density at radius 2 is 1.75 bits per heavy atom. The summed E-state index contributed by atoms with van der Waals surface area (Å²) in [4.78, 5) is 12.8. The zero-order valence-corrected chi connectivity index (χ0v) is 20.8. The average molecular weight is 558 g/mol. The van der Waals surface area contributed by atoms with Crippen LogP contribution in [0.25, 0.3) is 0 Å². The Labute approximate surface area is 205 Å². The van der Waals surface area contributed by atoms with Crippen LogP contribution in [0.15, 0.2) is 76.1 Å². The first-order chi connectivity index (χ1) is 15.2. The molecule has 0 saturated carbocycles. The summed E-state index contributed by atoms with van der Waals surface area (Å²) in [6.07, 6.45) is 0. The SMILES string of the molecule is COc1cccc(NC(=O)CN(Cc2ccc(Cl)c(Cl)c2)S(=O)(=O)c2ccc(Br)cc2)c1. The molecule has 32 heavy (non-hydrogen) atoms. The number of hydrogen-bond donors (Lipinski definition) is 1. The summed E-state index contributed by atoms with van der Waals surface area (Å²) in [6.45, 7) is -0.476. The van der Waals surface area contributed by atoms with Gasteiger partial charge in [0.05, 0.1) is 28.6 Å². The number of carbonyl (C=O) groups excluding carboxylic acids is 1. The zero-order chi connectivity index (χ0) is 23.3. The molecule has 0 aliphatic rings. The Morgan fingerprint density at radius 1 is 1.03 bits per heavy atom. The van der Waals surface area contributed by atoms with Crippen molar-refractivity contribution in [3.8, 4) is 5.75 Å². The van der Waals surface area contributed by atoms with Gasteiger partial charge in [-0.2, -0.15) is 4.31 Å². The maximum Gasteiger partial charge on any atom is 0.243 e. The van der Waals surface area contributed by atoms with Crippen LogP contribution < -0.4 is 10.1 Å². The lowest BCUT2D eigenvalue weighted by Crippen LogP contribution is -2.37. The quantitative estimate of drug-likeness (QED) is 0.391. The van der Waals surface area contributed by atoms with Gasteiger partial charge in [0.15, 0.2) is 0 Å². The van der Waals surface area contributed by atoms with Crippen LogP contribution in [0.5, 0.6) is 5.75 Å². The van der Waals surface area contributed by atoms with Crippen LogP contribution in [0, 0.1) is 0 Å². The normalized spacial score (nSPS) is 11.4. The summed E-state index contributed by atoms with van der Waals surface area (Å²) >= 11 is 15.4. The molecule has 3 aromatic rings. The minimum Gasteiger partial charge on any atom is -0.497 e. The maximum atomic E-state index is 13.3.